The highest BCUT2D eigenvalue weighted by Gasteiger charge is 2.15. The van der Waals surface area contributed by atoms with Gasteiger partial charge in [-0.25, -0.2) is 4.79 Å². The molecule has 0 bridgehead atoms. The Labute approximate surface area is 109 Å². The molecule has 1 aromatic rings. The minimum Gasteiger partial charge on any atom is -0.458 e. The Morgan fingerprint density at radius 2 is 1.89 bits per heavy atom. The lowest BCUT2D eigenvalue weighted by molar-refractivity contribution is 0.0549. The van der Waals surface area contributed by atoms with Crippen LogP contribution < -0.4 is 0 Å². The highest BCUT2D eigenvalue weighted by molar-refractivity contribution is 5.89. The molecule has 1 fully saturated rings. The van der Waals surface area contributed by atoms with Crippen molar-refractivity contribution in [2.45, 2.75) is 38.0 Å². The number of hydrogen-bond donors (Lipinski definition) is 0. The van der Waals surface area contributed by atoms with Gasteiger partial charge in [-0.1, -0.05) is 44.1 Å². The first kappa shape index (κ1) is 12.9. The van der Waals surface area contributed by atoms with Gasteiger partial charge in [0.2, 0.25) is 0 Å². The van der Waals surface area contributed by atoms with Gasteiger partial charge in [-0.05, 0) is 36.5 Å². The van der Waals surface area contributed by atoms with Crippen molar-refractivity contribution in [3.8, 4) is 0 Å². The first-order valence-electron chi connectivity index (χ1n) is 6.69. The van der Waals surface area contributed by atoms with E-state index in [0.29, 0.717) is 11.5 Å². The molecule has 1 saturated carbocycles. The first-order valence-corrected chi connectivity index (χ1v) is 6.69. The van der Waals surface area contributed by atoms with Gasteiger partial charge < -0.3 is 4.74 Å². The zero-order valence-corrected chi connectivity index (χ0v) is 10.7. The van der Waals surface area contributed by atoms with Crippen LogP contribution in [0.4, 0.5) is 0 Å². The van der Waals surface area contributed by atoms with E-state index in [2.05, 4.69) is 18.7 Å². The van der Waals surface area contributed by atoms with Crippen LogP contribution in [-0.2, 0) is 4.74 Å². The average molecular weight is 244 g/mol. The molecular weight excluding hydrogens is 224 g/mol. The molecule has 0 atom stereocenters. The second-order valence-corrected chi connectivity index (χ2v) is 4.84. The lowest BCUT2D eigenvalue weighted by Crippen LogP contribution is -2.07. The van der Waals surface area contributed by atoms with Crippen molar-refractivity contribution < 1.29 is 9.53 Å². The number of esters is 1. The maximum absolute atomic E-state index is 11.6. The molecule has 2 nitrogen and oxygen atoms in total. The second kappa shape index (κ2) is 6.39. The summed E-state index contributed by atoms with van der Waals surface area (Å²) < 4.78 is 5.01. The molecular formula is C16H20O2. The van der Waals surface area contributed by atoms with Gasteiger partial charge in [-0.15, -0.1) is 0 Å². The first-order chi connectivity index (χ1) is 8.81. The Morgan fingerprint density at radius 1 is 1.22 bits per heavy atom. The highest BCUT2D eigenvalue weighted by Crippen LogP contribution is 2.32. The van der Waals surface area contributed by atoms with Crippen LogP contribution in [0.3, 0.4) is 0 Å². The summed E-state index contributed by atoms with van der Waals surface area (Å²) in [6, 6.07) is 7.88. The molecule has 0 radical (unpaired) electrons. The van der Waals surface area contributed by atoms with Gasteiger partial charge in [0, 0.05) is 0 Å². The van der Waals surface area contributed by atoms with Gasteiger partial charge >= 0.3 is 5.97 Å². The summed E-state index contributed by atoms with van der Waals surface area (Å²) >= 11 is 0. The second-order valence-electron chi connectivity index (χ2n) is 4.84. The van der Waals surface area contributed by atoms with E-state index in [4.69, 9.17) is 4.74 Å². The van der Waals surface area contributed by atoms with Crippen LogP contribution in [-0.4, -0.2) is 12.6 Å². The fourth-order valence-electron chi connectivity index (χ4n) is 2.55. The number of benzene rings is 1. The van der Waals surface area contributed by atoms with Gasteiger partial charge in [-0.3, -0.25) is 0 Å². The Hall–Kier alpha value is -1.57. The molecule has 0 aliphatic heterocycles. The molecule has 0 unspecified atom stereocenters. The van der Waals surface area contributed by atoms with Crippen molar-refractivity contribution in [3.05, 3.63) is 48.0 Å². The van der Waals surface area contributed by atoms with Gasteiger partial charge in [0.25, 0.3) is 0 Å². The Balaban J connectivity index is 2.00. The van der Waals surface area contributed by atoms with Gasteiger partial charge in [0.05, 0.1) is 5.56 Å². The minimum absolute atomic E-state index is 0.267. The summed E-state index contributed by atoms with van der Waals surface area (Å²) in [6.45, 7) is 3.79. The summed E-state index contributed by atoms with van der Waals surface area (Å²) in [7, 11) is 0. The molecule has 2 heteroatoms. The molecule has 1 aliphatic carbocycles. The third-order valence-corrected chi connectivity index (χ3v) is 3.56. The number of rotatable bonds is 4. The maximum Gasteiger partial charge on any atom is 0.338 e. The number of hydrogen-bond acceptors (Lipinski definition) is 2. The Kier molecular flexibility index (Phi) is 4.57. The normalized spacial score (nSPS) is 16.2. The van der Waals surface area contributed by atoms with E-state index in [9.17, 15) is 4.79 Å². The van der Waals surface area contributed by atoms with Crippen LogP contribution in [0.1, 0.15) is 53.9 Å². The van der Waals surface area contributed by atoms with Gasteiger partial charge in [0.1, 0.15) is 6.61 Å². The van der Waals surface area contributed by atoms with Crippen LogP contribution in [0.2, 0.25) is 0 Å². The smallest absolute Gasteiger partial charge is 0.338 e. The van der Waals surface area contributed by atoms with Crippen molar-refractivity contribution in [2.75, 3.05) is 6.61 Å². The third kappa shape index (κ3) is 3.22. The van der Waals surface area contributed by atoms with E-state index in [1.165, 1.54) is 37.7 Å². The monoisotopic (exact) mass is 244 g/mol. The molecule has 0 saturated heterocycles. The summed E-state index contributed by atoms with van der Waals surface area (Å²) in [5.74, 6) is 0.405. The lowest BCUT2D eigenvalue weighted by atomic mass is 9.84. The molecule has 1 aromatic carbocycles. The van der Waals surface area contributed by atoms with Crippen molar-refractivity contribution in [1.29, 1.82) is 0 Å². The summed E-state index contributed by atoms with van der Waals surface area (Å²) in [6.07, 6.45) is 8.15. The zero-order valence-electron chi connectivity index (χ0n) is 10.7. The average Bonchev–Trinajstić information content (AvgIpc) is 2.46. The molecule has 1 aliphatic rings. The molecule has 2 rings (SSSR count). The molecule has 0 aromatic heterocycles. The van der Waals surface area contributed by atoms with Crippen LogP contribution in [0, 0.1) is 0 Å². The zero-order chi connectivity index (χ0) is 12.8. The number of carbonyl (C=O) groups is 1. The van der Waals surface area contributed by atoms with E-state index < -0.39 is 0 Å². The van der Waals surface area contributed by atoms with Crippen molar-refractivity contribution >= 4 is 5.97 Å². The molecule has 0 N–H and O–H groups in total. The van der Waals surface area contributed by atoms with Gasteiger partial charge in [0.15, 0.2) is 0 Å². The van der Waals surface area contributed by atoms with Gasteiger partial charge in [-0.2, -0.15) is 0 Å². The van der Waals surface area contributed by atoms with E-state index in [1.807, 2.05) is 12.1 Å². The van der Waals surface area contributed by atoms with Crippen molar-refractivity contribution in [1.82, 2.24) is 0 Å². The van der Waals surface area contributed by atoms with E-state index in [0.717, 1.165) is 0 Å². The quantitative estimate of drug-likeness (QED) is 0.589. The molecule has 0 heterocycles. The molecule has 0 spiro atoms. The fourth-order valence-corrected chi connectivity index (χ4v) is 2.55. The van der Waals surface area contributed by atoms with Crippen LogP contribution in [0.5, 0.6) is 0 Å². The van der Waals surface area contributed by atoms with E-state index >= 15 is 0 Å². The standard InChI is InChI=1S/C16H20O2/c1-2-12-18-16(17)15-10-8-14(9-11-15)13-6-4-3-5-7-13/h2,8-11,13H,1,3-7,12H2. The summed E-state index contributed by atoms with van der Waals surface area (Å²) in [5.41, 5.74) is 1.98. The van der Waals surface area contributed by atoms with Crippen LogP contribution in [0.25, 0.3) is 0 Å². The van der Waals surface area contributed by atoms with Crippen LogP contribution in [0.15, 0.2) is 36.9 Å². The maximum atomic E-state index is 11.6. The largest absolute Gasteiger partial charge is 0.458 e. The third-order valence-electron chi connectivity index (χ3n) is 3.56. The summed E-state index contributed by atoms with van der Waals surface area (Å²) in [4.78, 5) is 11.6. The predicted molar refractivity (Wildman–Crippen MR) is 72.7 cm³/mol. The Bertz CT molecular complexity index is 400. The van der Waals surface area contributed by atoms with E-state index in [-0.39, 0.29) is 12.6 Å². The van der Waals surface area contributed by atoms with Crippen molar-refractivity contribution in [2.24, 2.45) is 0 Å². The number of carbonyl (C=O) groups excluding carboxylic acids is 1. The van der Waals surface area contributed by atoms with Crippen molar-refractivity contribution in [3.63, 3.8) is 0 Å². The Morgan fingerprint density at radius 3 is 2.50 bits per heavy atom. The predicted octanol–water partition coefficient (Wildman–Crippen LogP) is 4.08. The molecule has 96 valence electrons. The minimum atomic E-state index is -0.273. The topological polar surface area (TPSA) is 26.3 Å². The molecule has 18 heavy (non-hydrogen) atoms. The summed E-state index contributed by atoms with van der Waals surface area (Å²) in [5, 5.41) is 0. The van der Waals surface area contributed by atoms with Crippen LogP contribution >= 0.6 is 0 Å². The number of ether oxygens (including phenoxy) is 1. The molecule has 0 amide bonds. The fraction of sp³-hybridized carbons (Fsp3) is 0.438. The highest BCUT2D eigenvalue weighted by atomic mass is 16.5. The van der Waals surface area contributed by atoms with E-state index in [1.54, 1.807) is 6.08 Å². The SMILES string of the molecule is C=CCOC(=O)c1ccc(C2CCCCC2)cc1. The lowest BCUT2D eigenvalue weighted by Gasteiger charge is -2.21.